The first-order chi connectivity index (χ1) is 9.66. The topological polar surface area (TPSA) is 51.8 Å². The molecule has 100 valence electrons. The summed E-state index contributed by atoms with van der Waals surface area (Å²) in [5.74, 6) is -0.410. The number of nitrogens with zero attached hydrogens (tertiary/aromatic N) is 2. The molecule has 0 bridgehead atoms. The Balaban J connectivity index is 2.13. The highest BCUT2D eigenvalue weighted by atomic mass is 19.1. The third-order valence-electron chi connectivity index (χ3n) is 3.40. The molecule has 0 aliphatic rings. The van der Waals surface area contributed by atoms with Gasteiger partial charge in [0.1, 0.15) is 5.82 Å². The summed E-state index contributed by atoms with van der Waals surface area (Å²) in [6.07, 6.45) is 2.70. The van der Waals surface area contributed by atoms with Gasteiger partial charge in [0.25, 0.3) is 0 Å². The predicted octanol–water partition coefficient (Wildman–Crippen LogP) is 3.13. The van der Waals surface area contributed by atoms with Gasteiger partial charge >= 0.3 is 0 Å². The Morgan fingerprint density at radius 1 is 1.20 bits per heavy atom. The number of pyridine rings is 2. The lowest BCUT2D eigenvalue weighted by Gasteiger charge is -2.14. The number of hydrogen-bond donors (Lipinski definition) is 1. The zero-order valence-electron chi connectivity index (χ0n) is 11.0. The zero-order valence-corrected chi connectivity index (χ0v) is 11.0. The minimum Gasteiger partial charge on any atom is -0.319 e. The SMILES string of the molecule is Cc1cc(C(N)c2ccncc2F)nc2ccccc12. The average Bonchev–Trinajstić information content (AvgIpc) is 2.47. The third-order valence-corrected chi connectivity index (χ3v) is 3.40. The second-order valence-electron chi connectivity index (χ2n) is 4.76. The molecule has 0 spiro atoms. The van der Waals surface area contributed by atoms with Crippen molar-refractivity contribution in [1.82, 2.24) is 9.97 Å². The molecule has 0 fully saturated rings. The first kappa shape index (κ1) is 12.7. The van der Waals surface area contributed by atoms with Gasteiger partial charge in [-0.1, -0.05) is 18.2 Å². The van der Waals surface area contributed by atoms with Gasteiger partial charge in [0, 0.05) is 17.1 Å². The molecule has 0 radical (unpaired) electrons. The van der Waals surface area contributed by atoms with Crippen molar-refractivity contribution < 1.29 is 4.39 Å². The number of aromatic nitrogens is 2. The van der Waals surface area contributed by atoms with Crippen LogP contribution in [-0.2, 0) is 0 Å². The fourth-order valence-electron chi connectivity index (χ4n) is 2.33. The Hall–Kier alpha value is -2.33. The number of rotatable bonds is 2. The summed E-state index contributed by atoms with van der Waals surface area (Å²) in [5.41, 5.74) is 9.16. The van der Waals surface area contributed by atoms with Crippen LogP contribution >= 0.6 is 0 Å². The first-order valence-corrected chi connectivity index (χ1v) is 6.38. The standard InChI is InChI=1S/C16H14FN3/c1-10-8-15(20-14-5-3-2-4-11(10)14)16(18)12-6-7-19-9-13(12)17/h2-9,16H,18H2,1H3. The molecule has 0 amide bonds. The number of hydrogen-bond acceptors (Lipinski definition) is 3. The van der Waals surface area contributed by atoms with Gasteiger partial charge in [0.2, 0.25) is 0 Å². The maximum Gasteiger partial charge on any atom is 0.146 e. The van der Waals surface area contributed by atoms with E-state index in [1.165, 1.54) is 12.4 Å². The highest BCUT2D eigenvalue weighted by Gasteiger charge is 2.16. The maximum absolute atomic E-state index is 13.8. The Morgan fingerprint density at radius 3 is 2.80 bits per heavy atom. The minimum absolute atomic E-state index is 0.405. The van der Waals surface area contributed by atoms with E-state index in [4.69, 9.17) is 5.73 Å². The summed E-state index contributed by atoms with van der Waals surface area (Å²) in [4.78, 5) is 8.28. The highest BCUT2D eigenvalue weighted by Crippen LogP contribution is 2.24. The molecule has 1 atom stereocenters. The van der Waals surface area contributed by atoms with E-state index < -0.39 is 11.9 Å². The maximum atomic E-state index is 13.8. The molecule has 0 aliphatic heterocycles. The average molecular weight is 267 g/mol. The second kappa shape index (κ2) is 4.98. The summed E-state index contributed by atoms with van der Waals surface area (Å²) in [6.45, 7) is 2.00. The van der Waals surface area contributed by atoms with E-state index in [0.717, 1.165) is 16.5 Å². The largest absolute Gasteiger partial charge is 0.319 e. The molecule has 0 saturated heterocycles. The normalized spacial score (nSPS) is 12.6. The van der Waals surface area contributed by atoms with E-state index in [0.29, 0.717) is 11.3 Å². The van der Waals surface area contributed by atoms with Gasteiger partial charge in [-0.25, -0.2) is 4.39 Å². The Morgan fingerprint density at radius 2 is 2.00 bits per heavy atom. The zero-order chi connectivity index (χ0) is 14.1. The van der Waals surface area contributed by atoms with Gasteiger partial charge in [-0.15, -0.1) is 0 Å². The van der Waals surface area contributed by atoms with Gasteiger partial charge in [-0.3, -0.25) is 9.97 Å². The van der Waals surface area contributed by atoms with Crippen molar-refractivity contribution in [2.45, 2.75) is 13.0 Å². The van der Waals surface area contributed by atoms with E-state index in [1.807, 2.05) is 37.3 Å². The van der Waals surface area contributed by atoms with Crippen molar-refractivity contribution in [3.05, 3.63) is 71.4 Å². The quantitative estimate of drug-likeness (QED) is 0.776. The molecule has 1 unspecified atom stereocenters. The number of aryl methyl sites for hydroxylation is 1. The van der Waals surface area contributed by atoms with Crippen molar-refractivity contribution in [3.8, 4) is 0 Å². The van der Waals surface area contributed by atoms with Crippen LogP contribution in [-0.4, -0.2) is 9.97 Å². The summed E-state index contributed by atoms with van der Waals surface area (Å²) in [5, 5.41) is 1.08. The van der Waals surface area contributed by atoms with Crippen molar-refractivity contribution in [2.75, 3.05) is 0 Å². The Labute approximate surface area is 116 Å². The monoisotopic (exact) mass is 267 g/mol. The van der Waals surface area contributed by atoms with Crippen molar-refractivity contribution in [2.24, 2.45) is 5.73 Å². The molecule has 2 heterocycles. The lowest BCUT2D eigenvalue weighted by atomic mass is 10.0. The molecule has 3 aromatic rings. The van der Waals surface area contributed by atoms with Gasteiger partial charge in [-0.2, -0.15) is 0 Å². The van der Waals surface area contributed by atoms with Crippen LogP contribution in [0.5, 0.6) is 0 Å². The van der Waals surface area contributed by atoms with Gasteiger partial charge in [-0.05, 0) is 30.7 Å². The van der Waals surface area contributed by atoms with Crippen LogP contribution < -0.4 is 5.73 Å². The smallest absolute Gasteiger partial charge is 0.146 e. The Bertz CT molecular complexity index is 771. The number of nitrogens with two attached hydrogens (primary N) is 1. The third kappa shape index (κ3) is 2.14. The lowest BCUT2D eigenvalue weighted by molar-refractivity contribution is 0.591. The molecule has 2 aromatic heterocycles. The predicted molar refractivity (Wildman–Crippen MR) is 76.7 cm³/mol. The number of fused-ring (bicyclic) bond motifs is 1. The molecular weight excluding hydrogens is 253 g/mol. The van der Waals surface area contributed by atoms with Crippen LogP contribution in [0, 0.1) is 12.7 Å². The summed E-state index contributed by atoms with van der Waals surface area (Å²) in [7, 11) is 0. The van der Waals surface area contributed by atoms with E-state index in [9.17, 15) is 4.39 Å². The van der Waals surface area contributed by atoms with Crippen molar-refractivity contribution in [1.29, 1.82) is 0 Å². The molecule has 0 saturated carbocycles. The van der Waals surface area contributed by atoms with Gasteiger partial charge in [0.15, 0.2) is 0 Å². The highest BCUT2D eigenvalue weighted by molar-refractivity contribution is 5.82. The fraction of sp³-hybridized carbons (Fsp3) is 0.125. The molecule has 0 aliphatic carbocycles. The van der Waals surface area contributed by atoms with E-state index in [2.05, 4.69) is 9.97 Å². The fourth-order valence-corrected chi connectivity index (χ4v) is 2.33. The molecule has 3 nitrogen and oxygen atoms in total. The molecule has 3 rings (SSSR count). The van der Waals surface area contributed by atoms with E-state index in [1.54, 1.807) is 6.07 Å². The lowest BCUT2D eigenvalue weighted by Crippen LogP contribution is -2.15. The van der Waals surface area contributed by atoms with Crippen molar-refractivity contribution >= 4 is 10.9 Å². The Kier molecular flexibility index (Phi) is 3.16. The van der Waals surface area contributed by atoms with Gasteiger partial charge in [0.05, 0.1) is 23.4 Å². The second-order valence-corrected chi connectivity index (χ2v) is 4.76. The van der Waals surface area contributed by atoms with Crippen LogP contribution in [0.1, 0.15) is 22.9 Å². The van der Waals surface area contributed by atoms with E-state index in [-0.39, 0.29) is 0 Å². The molecule has 2 N–H and O–H groups in total. The number of halogens is 1. The van der Waals surface area contributed by atoms with Crippen molar-refractivity contribution in [3.63, 3.8) is 0 Å². The van der Waals surface area contributed by atoms with Crippen LogP contribution in [0.15, 0.2) is 48.8 Å². The van der Waals surface area contributed by atoms with Crippen LogP contribution in [0.3, 0.4) is 0 Å². The molecular formula is C16H14FN3. The van der Waals surface area contributed by atoms with Crippen LogP contribution in [0.2, 0.25) is 0 Å². The van der Waals surface area contributed by atoms with E-state index >= 15 is 0 Å². The van der Waals surface area contributed by atoms with Gasteiger partial charge < -0.3 is 5.73 Å². The molecule has 1 aromatic carbocycles. The summed E-state index contributed by atoms with van der Waals surface area (Å²) in [6, 6.07) is 10.7. The number of para-hydroxylation sites is 1. The summed E-state index contributed by atoms with van der Waals surface area (Å²) < 4.78 is 13.8. The molecule has 4 heteroatoms. The minimum atomic E-state index is -0.596. The first-order valence-electron chi connectivity index (χ1n) is 6.38. The van der Waals surface area contributed by atoms with Crippen LogP contribution in [0.4, 0.5) is 4.39 Å². The summed E-state index contributed by atoms with van der Waals surface area (Å²) >= 11 is 0. The molecule has 20 heavy (non-hydrogen) atoms. The van der Waals surface area contributed by atoms with Crippen LogP contribution in [0.25, 0.3) is 10.9 Å². The number of benzene rings is 1.